The first kappa shape index (κ1) is 19.3. The van der Waals surface area contributed by atoms with Gasteiger partial charge >= 0.3 is 0 Å². The Labute approximate surface area is 166 Å². The van der Waals surface area contributed by atoms with Crippen molar-refractivity contribution >= 4 is 38.9 Å². The first-order valence-electron chi connectivity index (χ1n) is 8.70. The number of carbonyl (C=O) groups excluding carboxylic acids is 1. The molecule has 2 aromatic rings. The lowest BCUT2D eigenvalue weighted by atomic mass is 10.2. The second-order valence-electron chi connectivity index (χ2n) is 6.55. The molecule has 142 valence electrons. The zero-order valence-electron chi connectivity index (χ0n) is 15.0. The molecular formula is C19H21BrN4O3. The third kappa shape index (κ3) is 5.05. The van der Waals surface area contributed by atoms with Crippen LogP contribution in [0.1, 0.15) is 5.56 Å². The number of carbonyl (C=O) groups is 1. The highest BCUT2D eigenvalue weighted by Gasteiger charge is 2.20. The largest absolute Gasteiger partial charge is 0.369 e. The van der Waals surface area contributed by atoms with Crippen molar-refractivity contribution in [2.24, 2.45) is 0 Å². The lowest BCUT2D eigenvalue weighted by Crippen LogP contribution is -2.48. The summed E-state index contributed by atoms with van der Waals surface area (Å²) in [7, 11) is 0. The van der Waals surface area contributed by atoms with Gasteiger partial charge in [-0.15, -0.1) is 0 Å². The van der Waals surface area contributed by atoms with Crippen LogP contribution in [0, 0.1) is 17.0 Å². The Bertz CT molecular complexity index is 833. The quantitative estimate of drug-likeness (QED) is 0.578. The molecule has 1 saturated heterocycles. The van der Waals surface area contributed by atoms with Gasteiger partial charge in [-0.1, -0.05) is 15.9 Å². The molecule has 0 saturated carbocycles. The van der Waals surface area contributed by atoms with Crippen molar-refractivity contribution in [3.05, 3.63) is 62.6 Å². The lowest BCUT2D eigenvalue weighted by molar-refractivity contribution is -0.384. The number of piperazine rings is 1. The summed E-state index contributed by atoms with van der Waals surface area (Å²) >= 11 is 3.45. The van der Waals surface area contributed by atoms with Gasteiger partial charge in [0.15, 0.2) is 0 Å². The van der Waals surface area contributed by atoms with Crippen molar-refractivity contribution in [3.8, 4) is 0 Å². The number of benzene rings is 2. The van der Waals surface area contributed by atoms with Gasteiger partial charge in [-0.05, 0) is 42.8 Å². The topological polar surface area (TPSA) is 78.7 Å². The molecule has 3 rings (SSSR count). The predicted molar refractivity (Wildman–Crippen MR) is 109 cm³/mol. The number of nitro groups is 1. The Morgan fingerprint density at radius 2 is 1.81 bits per heavy atom. The Kier molecular flexibility index (Phi) is 6.08. The summed E-state index contributed by atoms with van der Waals surface area (Å²) in [4.78, 5) is 26.9. The number of halogens is 1. The molecule has 27 heavy (non-hydrogen) atoms. The molecule has 1 aliphatic heterocycles. The predicted octanol–water partition coefficient (Wildman–Crippen LogP) is 3.43. The molecule has 0 spiro atoms. The van der Waals surface area contributed by atoms with E-state index in [1.165, 1.54) is 12.1 Å². The summed E-state index contributed by atoms with van der Waals surface area (Å²) < 4.78 is 1.02. The number of hydrogen-bond donors (Lipinski definition) is 1. The molecule has 1 aliphatic rings. The first-order chi connectivity index (χ1) is 12.9. The zero-order valence-corrected chi connectivity index (χ0v) is 16.6. The number of rotatable bonds is 5. The lowest BCUT2D eigenvalue weighted by Gasteiger charge is -2.35. The van der Waals surface area contributed by atoms with Crippen molar-refractivity contribution < 1.29 is 9.72 Å². The summed E-state index contributed by atoms with van der Waals surface area (Å²) in [5, 5.41) is 13.7. The monoisotopic (exact) mass is 432 g/mol. The standard InChI is InChI=1S/C19H21BrN4O3/c1-14-12-15(2-7-18(14)20)21-19(25)13-22-8-10-23(11-9-22)16-3-5-17(6-4-16)24(26)27/h2-7,12H,8-11,13H2,1H3,(H,21,25). The van der Waals surface area contributed by atoms with Crippen LogP contribution >= 0.6 is 15.9 Å². The minimum absolute atomic E-state index is 0.0273. The number of nitro benzene ring substituents is 1. The van der Waals surface area contributed by atoms with E-state index in [0.29, 0.717) is 6.54 Å². The molecule has 7 nitrogen and oxygen atoms in total. The molecule has 0 bridgehead atoms. The molecule has 0 aliphatic carbocycles. The van der Waals surface area contributed by atoms with Crippen LogP contribution in [0.2, 0.25) is 0 Å². The molecule has 0 unspecified atom stereocenters. The van der Waals surface area contributed by atoms with Gasteiger partial charge in [0.25, 0.3) is 5.69 Å². The highest BCUT2D eigenvalue weighted by atomic mass is 79.9. The summed E-state index contributed by atoms with van der Waals surface area (Å²) in [5.41, 5.74) is 2.93. The number of non-ortho nitro benzene ring substituents is 1. The van der Waals surface area contributed by atoms with Crippen LogP contribution in [-0.4, -0.2) is 48.5 Å². The summed E-state index contributed by atoms with van der Waals surface area (Å²) in [6, 6.07) is 12.3. The number of amides is 1. The third-order valence-corrected chi connectivity index (χ3v) is 5.50. The molecule has 0 aromatic heterocycles. The summed E-state index contributed by atoms with van der Waals surface area (Å²) in [6.07, 6.45) is 0. The summed E-state index contributed by atoms with van der Waals surface area (Å²) in [6.45, 7) is 5.43. The van der Waals surface area contributed by atoms with Crippen LogP contribution in [-0.2, 0) is 4.79 Å². The number of hydrogen-bond acceptors (Lipinski definition) is 5. The fraction of sp³-hybridized carbons (Fsp3) is 0.316. The Hall–Kier alpha value is -2.45. The molecule has 0 radical (unpaired) electrons. The smallest absolute Gasteiger partial charge is 0.269 e. The highest BCUT2D eigenvalue weighted by Crippen LogP contribution is 2.21. The Balaban J connectivity index is 1.49. The third-order valence-electron chi connectivity index (χ3n) is 4.61. The van der Waals surface area contributed by atoms with Gasteiger partial charge in [0.2, 0.25) is 5.91 Å². The summed E-state index contributed by atoms with van der Waals surface area (Å²) in [5.74, 6) is -0.0273. The van der Waals surface area contributed by atoms with Crippen molar-refractivity contribution in [3.63, 3.8) is 0 Å². The van der Waals surface area contributed by atoms with Gasteiger partial charge in [0.05, 0.1) is 11.5 Å². The minimum Gasteiger partial charge on any atom is -0.369 e. The van der Waals surface area contributed by atoms with Crippen LogP contribution in [0.15, 0.2) is 46.9 Å². The average Bonchev–Trinajstić information content (AvgIpc) is 2.65. The Morgan fingerprint density at radius 1 is 1.15 bits per heavy atom. The van der Waals surface area contributed by atoms with Gasteiger partial charge in [-0.2, -0.15) is 0 Å². The fourth-order valence-corrected chi connectivity index (χ4v) is 3.32. The van der Waals surface area contributed by atoms with E-state index in [2.05, 4.69) is 31.0 Å². The average molecular weight is 433 g/mol. The number of nitrogens with one attached hydrogen (secondary N) is 1. The van der Waals surface area contributed by atoms with E-state index in [1.54, 1.807) is 12.1 Å². The van der Waals surface area contributed by atoms with E-state index >= 15 is 0 Å². The molecular weight excluding hydrogens is 412 g/mol. The van der Waals surface area contributed by atoms with Gasteiger partial charge in [0, 0.05) is 54.2 Å². The second kappa shape index (κ2) is 8.49. The molecule has 2 aromatic carbocycles. The van der Waals surface area contributed by atoms with E-state index in [4.69, 9.17) is 0 Å². The molecule has 1 fully saturated rings. The number of nitrogens with zero attached hydrogens (tertiary/aromatic N) is 3. The maximum absolute atomic E-state index is 12.3. The maximum atomic E-state index is 12.3. The van der Waals surface area contributed by atoms with Gasteiger partial charge < -0.3 is 10.2 Å². The van der Waals surface area contributed by atoms with Crippen LogP contribution in [0.25, 0.3) is 0 Å². The highest BCUT2D eigenvalue weighted by molar-refractivity contribution is 9.10. The van der Waals surface area contributed by atoms with Gasteiger partial charge in [0.1, 0.15) is 0 Å². The van der Waals surface area contributed by atoms with E-state index in [9.17, 15) is 14.9 Å². The van der Waals surface area contributed by atoms with Crippen molar-refractivity contribution in [2.75, 3.05) is 42.9 Å². The number of aryl methyl sites for hydroxylation is 1. The van der Waals surface area contributed by atoms with Gasteiger partial charge in [-0.25, -0.2) is 0 Å². The van der Waals surface area contributed by atoms with Crippen LogP contribution in [0.5, 0.6) is 0 Å². The van der Waals surface area contributed by atoms with Crippen molar-refractivity contribution in [2.45, 2.75) is 6.92 Å². The van der Waals surface area contributed by atoms with E-state index in [0.717, 1.165) is 47.6 Å². The first-order valence-corrected chi connectivity index (χ1v) is 9.49. The molecule has 1 heterocycles. The molecule has 1 N–H and O–H groups in total. The van der Waals surface area contributed by atoms with Crippen LogP contribution < -0.4 is 10.2 Å². The van der Waals surface area contributed by atoms with Crippen LogP contribution in [0.3, 0.4) is 0 Å². The molecule has 1 amide bonds. The molecule has 0 atom stereocenters. The van der Waals surface area contributed by atoms with E-state index < -0.39 is 4.92 Å². The molecule has 8 heteroatoms. The van der Waals surface area contributed by atoms with E-state index in [-0.39, 0.29) is 11.6 Å². The Morgan fingerprint density at radius 3 is 2.41 bits per heavy atom. The fourth-order valence-electron chi connectivity index (χ4n) is 3.08. The second-order valence-corrected chi connectivity index (χ2v) is 7.40. The van der Waals surface area contributed by atoms with Crippen molar-refractivity contribution in [1.29, 1.82) is 0 Å². The normalized spacial score (nSPS) is 14.8. The minimum atomic E-state index is -0.396. The maximum Gasteiger partial charge on any atom is 0.269 e. The van der Waals surface area contributed by atoms with Gasteiger partial charge in [-0.3, -0.25) is 19.8 Å². The SMILES string of the molecule is Cc1cc(NC(=O)CN2CCN(c3ccc([N+](=O)[O-])cc3)CC2)ccc1Br. The van der Waals surface area contributed by atoms with Crippen LogP contribution in [0.4, 0.5) is 17.1 Å². The number of anilines is 2. The van der Waals surface area contributed by atoms with Crippen molar-refractivity contribution in [1.82, 2.24) is 4.90 Å². The van der Waals surface area contributed by atoms with E-state index in [1.807, 2.05) is 25.1 Å². The zero-order chi connectivity index (χ0) is 19.4.